The maximum atomic E-state index is 5.65. The molecule has 0 saturated heterocycles. The summed E-state index contributed by atoms with van der Waals surface area (Å²) in [5.41, 5.74) is 0. The zero-order valence-electron chi connectivity index (χ0n) is 12.8. The first kappa shape index (κ1) is 14.3. The van der Waals surface area contributed by atoms with Crippen LogP contribution in [0.5, 0.6) is 5.75 Å². The van der Waals surface area contributed by atoms with Crippen LogP contribution in [0.1, 0.15) is 0 Å². The summed E-state index contributed by atoms with van der Waals surface area (Å²) < 4.78 is 8.44. The summed E-state index contributed by atoms with van der Waals surface area (Å²) >= 11 is 0.274. The predicted molar refractivity (Wildman–Crippen MR) is 99.5 cm³/mol. The second-order valence-electron chi connectivity index (χ2n) is 5.39. The second kappa shape index (κ2) is 6.08. The van der Waals surface area contributed by atoms with Gasteiger partial charge in [-0.25, -0.2) is 0 Å². The molecule has 0 aliphatic heterocycles. The zero-order valence-corrected chi connectivity index (χ0v) is 14.5. The fourth-order valence-corrected chi connectivity index (χ4v) is 5.08. The van der Waals surface area contributed by atoms with E-state index in [0.717, 1.165) is 5.75 Å². The third-order valence-electron chi connectivity index (χ3n) is 4.00. The number of ether oxygens (including phenoxy) is 1. The van der Waals surface area contributed by atoms with Crippen LogP contribution < -0.4 is 13.7 Å². The summed E-state index contributed by atoms with van der Waals surface area (Å²) in [7, 11) is 1.75. The molecular formula is C21H16OSe. The molecule has 0 radical (unpaired) electrons. The molecule has 0 unspecified atom stereocenters. The molecule has 4 aromatic rings. The van der Waals surface area contributed by atoms with Crippen LogP contribution in [0.4, 0.5) is 0 Å². The first-order valence-corrected chi connectivity index (χ1v) is 9.29. The minimum atomic E-state index is 0.274. The van der Waals surface area contributed by atoms with Crippen molar-refractivity contribution in [1.82, 2.24) is 0 Å². The molecule has 112 valence electrons. The zero-order chi connectivity index (χ0) is 15.6. The van der Waals surface area contributed by atoms with Gasteiger partial charge in [0.2, 0.25) is 0 Å². The minimum absolute atomic E-state index is 0.274. The van der Waals surface area contributed by atoms with Crippen molar-refractivity contribution >= 4 is 45.4 Å². The molecule has 0 N–H and O–H groups in total. The number of methoxy groups -OCH3 is 1. The molecule has 0 aromatic heterocycles. The van der Waals surface area contributed by atoms with E-state index >= 15 is 0 Å². The van der Waals surface area contributed by atoms with Crippen LogP contribution in [0.2, 0.25) is 0 Å². The molecular weight excluding hydrogens is 347 g/mol. The van der Waals surface area contributed by atoms with E-state index in [2.05, 4.69) is 72.8 Å². The Bertz CT molecular complexity index is 977. The Morgan fingerprint density at radius 1 is 0.739 bits per heavy atom. The Labute approximate surface area is 142 Å². The van der Waals surface area contributed by atoms with Gasteiger partial charge in [0.1, 0.15) is 0 Å². The normalized spacial score (nSPS) is 11.0. The summed E-state index contributed by atoms with van der Waals surface area (Å²) in [5.74, 6) is 0.949. The van der Waals surface area contributed by atoms with Crippen molar-refractivity contribution in [2.24, 2.45) is 0 Å². The van der Waals surface area contributed by atoms with Gasteiger partial charge in [-0.3, -0.25) is 0 Å². The van der Waals surface area contributed by atoms with Gasteiger partial charge in [0, 0.05) is 0 Å². The quantitative estimate of drug-likeness (QED) is 0.399. The SMILES string of the molecule is COc1cccc2c([Se]c3ccccc3)cc3ccccc3c12. The first-order valence-electron chi connectivity index (χ1n) is 7.58. The van der Waals surface area contributed by atoms with Crippen molar-refractivity contribution in [3.8, 4) is 5.75 Å². The van der Waals surface area contributed by atoms with Crippen LogP contribution in [0, 0.1) is 0 Å². The average molecular weight is 363 g/mol. The van der Waals surface area contributed by atoms with Gasteiger partial charge in [0.25, 0.3) is 0 Å². The first-order chi connectivity index (χ1) is 11.4. The molecule has 0 bridgehead atoms. The Kier molecular flexibility index (Phi) is 3.78. The molecule has 4 rings (SSSR count). The predicted octanol–water partition coefficient (Wildman–Crippen LogP) is 3.66. The molecule has 0 aliphatic rings. The number of benzene rings is 4. The van der Waals surface area contributed by atoms with Crippen molar-refractivity contribution < 1.29 is 4.74 Å². The van der Waals surface area contributed by atoms with E-state index in [1.807, 2.05) is 6.07 Å². The van der Waals surface area contributed by atoms with Crippen molar-refractivity contribution in [2.45, 2.75) is 0 Å². The van der Waals surface area contributed by atoms with Crippen LogP contribution in [0.25, 0.3) is 21.5 Å². The van der Waals surface area contributed by atoms with Gasteiger partial charge in [-0.15, -0.1) is 0 Å². The fraction of sp³-hybridized carbons (Fsp3) is 0.0476. The summed E-state index contributed by atoms with van der Waals surface area (Å²) in [6.45, 7) is 0. The topological polar surface area (TPSA) is 9.23 Å². The summed E-state index contributed by atoms with van der Waals surface area (Å²) in [6.07, 6.45) is 0. The molecule has 0 atom stereocenters. The molecule has 0 amide bonds. The molecule has 23 heavy (non-hydrogen) atoms. The van der Waals surface area contributed by atoms with Gasteiger partial charge >= 0.3 is 142 Å². The van der Waals surface area contributed by atoms with Crippen LogP contribution >= 0.6 is 0 Å². The van der Waals surface area contributed by atoms with Gasteiger partial charge in [-0.1, -0.05) is 0 Å². The fourth-order valence-electron chi connectivity index (χ4n) is 2.95. The van der Waals surface area contributed by atoms with Crippen LogP contribution in [0.15, 0.2) is 78.9 Å². The molecule has 0 saturated carbocycles. The second-order valence-corrected chi connectivity index (χ2v) is 7.73. The number of hydrogen-bond donors (Lipinski definition) is 0. The van der Waals surface area contributed by atoms with Crippen LogP contribution in [-0.4, -0.2) is 22.1 Å². The third kappa shape index (κ3) is 2.61. The van der Waals surface area contributed by atoms with E-state index < -0.39 is 0 Å². The standard InChI is InChI=1S/C21H16OSe/c1-22-19-13-7-12-18-20(23-16-9-3-2-4-10-16)14-15-8-5-6-11-17(15)21(18)19/h2-14H,1H3. The molecule has 0 spiro atoms. The van der Waals surface area contributed by atoms with Gasteiger partial charge in [-0.2, -0.15) is 0 Å². The molecule has 1 nitrogen and oxygen atoms in total. The summed E-state index contributed by atoms with van der Waals surface area (Å²) in [5, 5.41) is 5.05. The van der Waals surface area contributed by atoms with E-state index in [1.165, 1.54) is 30.5 Å². The van der Waals surface area contributed by atoms with Crippen molar-refractivity contribution in [1.29, 1.82) is 0 Å². The third-order valence-corrected chi connectivity index (χ3v) is 6.23. The Morgan fingerprint density at radius 2 is 1.48 bits per heavy atom. The Morgan fingerprint density at radius 3 is 2.30 bits per heavy atom. The molecule has 0 heterocycles. The average Bonchev–Trinajstić information content (AvgIpc) is 2.62. The van der Waals surface area contributed by atoms with E-state index in [-0.39, 0.29) is 15.0 Å². The van der Waals surface area contributed by atoms with Crippen molar-refractivity contribution in [3.05, 3.63) is 78.9 Å². The van der Waals surface area contributed by atoms with E-state index in [1.54, 1.807) is 7.11 Å². The van der Waals surface area contributed by atoms with E-state index in [9.17, 15) is 0 Å². The van der Waals surface area contributed by atoms with Crippen molar-refractivity contribution in [2.75, 3.05) is 7.11 Å². The number of rotatable bonds is 3. The Hall–Kier alpha value is -2.28. The van der Waals surface area contributed by atoms with Gasteiger partial charge in [-0.05, 0) is 0 Å². The molecule has 4 aromatic carbocycles. The van der Waals surface area contributed by atoms with Gasteiger partial charge in [0.05, 0.1) is 0 Å². The van der Waals surface area contributed by atoms with Crippen LogP contribution in [0.3, 0.4) is 0 Å². The molecule has 0 aliphatic carbocycles. The monoisotopic (exact) mass is 364 g/mol. The number of fused-ring (bicyclic) bond motifs is 3. The molecule has 2 heteroatoms. The van der Waals surface area contributed by atoms with Crippen molar-refractivity contribution in [3.63, 3.8) is 0 Å². The van der Waals surface area contributed by atoms with Gasteiger partial charge in [0.15, 0.2) is 0 Å². The van der Waals surface area contributed by atoms with E-state index in [0.29, 0.717) is 0 Å². The van der Waals surface area contributed by atoms with Gasteiger partial charge < -0.3 is 0 Å². The summed E-state index contributed by atoms with van der Waals surface area (Å²) in [6, 6.07) is 28.0. The Balaban J connectivity index is 2.03. The number of hydrogen-bond acceptors (Lipinski definition) is 1. The van der Waals surface area contributed by atoms with E-state index in [4.69, 9.17) is 4.74 Å². The van der Waals surface area contributed by atoms with Crippen LogP contribution in [-0.2, 0) is 0 Å². The maximum absolute atomic E-state index is 5.65. The summed E-state index contributed by atoms with van der Waals surface area (Å²) in [4.78, 5) is 0. The molecule has 0 fully saturated rings.